The van der Waals surface area contributed by atoms with Gasteiger partial charge < -0.3 is 9.84 Å². The Morgan fingerprint density at radius 1 is 1.56 bits per heavy atom. The van der Waals surface area contributed by atoms with Gasteiger partial charge in [0.15, 0.2) is 11.6 Å². The molecule has 0 bridgehead atoms. The van der Waals surface area contributed by atoms with Crippen LogP contribution in [0.25, 0.3) is 0 Å². The van der Waals surface area contributed by atoms with Crippen molar-refractivity contribution < 1.29 is 19.0 Å². The maximum atomic E-state index is 13.4. The first-order valence-electron chi connectivity index (χ1n) is 5.16. The fourth-order valence-corrected chi connectivity index (χ4v) is 1.36. The van der Waals surface area contributed by atoms with Gasteiger partial charge in [-0.15, -0.1) is 0 Å². The fourth-order valence-electron chi connectivity index (χ4n) is 1.36. The molecule has 0 spiro atoms. The summed E-state index contributed by atoms with van der Waals surface area (Å²) in [6.45, 7) is 2.56. The van der Waals surface area contributed by atoms with Crippen molar-refractivity contribution in [3.63, 3.8) is 0 Å². The van der Waals surface area contributed by atoms with Crippen LogP contribution in [0.15, 0.2) is 18.2 Å². The van der Waals surface area contributed by atoms with Crippen LogP contribution in [0, 0.1) is 11.2 Å². The molecule has 0 amide bonds. The molecule has 0 aliphatic heterocycles. The van der Waals surface area contributed by atoms with Crippen molar-refractivity contribution in [2.75, 3.05) is 6.61 Å². The number of carboxylic acid groups (broad SMARTS) is 1. The summed E-state index contributed by atoms with van der Waals surface area (Å²) in [7, 11) is 0. The van der Waals surface area contributed by atoms with Gasteiger partial charge in [-0.1, -0.05) is 6.92 Å². The third-order valence-electron chi connectivity index (χ3n) is 2.86. The van der Waals surface area contributed by atoms with Crippen molar-refractivity contribution in [3.8, 4) is 5.75 Å². The molecule has 0 radical (unpaired) electrons. The van der Waals surface area contributed by atoms with Crippen LogP contribution in [0.4, 0.5) is 4.39 Å². The summed E-state index contributed by atoms with van der Waals surface area (Å²) in [5, 5.41) is 8.66. The molecular weight excluding hydrogens is 211 g/mol. The highest BCUT2D eigenvalue weighted by atomic mass is 19.1. The molecule has 3 nitrogen and oxygen atoms in total. The van der Waals surface area contributed by atoms with Crippen molar-refractivity contribution in [2.45, 2.75) is 19.8 Å². The van der Waals surface area contributed by atoms with Crippen LogP contribution < -0.4 is 4.74 Å². The van der Waals surface area contributed by atoms with E-state index in [-0.39, 0.29) is 16.7 Å². The Hall–Kier alpha value is -1.58. The number of halogens is 1. The number of ether oxygens (including phenoxy) is 1. The molecule has 1 N–H and O–H groups in total. The Kier molecular flexibility index (Phi) is 2.58. The predicted octanol–water partition coefficient (Wildman–Crippen LogP) is 2.70. The summed E-state index contributed by atoms with van der Waals surface area (Å²) < 4.78 is 18.7. The third-order valence-corrected chi connectivity index (χ3v) is 2.86. The Morgan fingerprint density at radius 2 is 2.25 bits per heavy atom. The van der Waals surface area contributed by atoms with Gasteiger partial charge in [-0.3, -0.25) is 0 Å². The molecule has 1 aliphatic carbocycles. The quantitative estimate of drug-likeness (QED) is 0.855. The van der Waals surface area contributed by atoms with Gasteiger partial charge in [0.1, 0.15) is 0 Å². The van der Waals surface area contributed by atoms with E-state index in [1.165, 1.54) is 12.1 Å². The first kappa shape index (κ1) is 10.9. The summed E-state index contributed by atoms with van der Waals surface area (Å²) in [6.07, 6.45) is 2.20. The van der Waals surface area contributed by atoms with E-state index in [9.17, 15) is 9.18 Å². The lowest BCUT2D eigenvalue weighted by atomic mass is 10.1. The summed E-state index contributed by atoms with van der Waals surface area (Å²) >= 11 is 0. The molecule has 1 aromatic rings. The van der Waals surface area contributed by atoms with Crippen LogP contribution in [0.5, 0.6) is 5.75 Å². The lowest BCUT2D eigenvalue weighted by molar-refractivity contribution is 0.0696. The average Bonchev–Trinajstić information content (AvgIpc) is 2.95. The highest BCUT2D eigenvalue weighted by Gasteiger charge is 2.38. The Bertz CT molecular complexity index is 424. The van der Waals surface area contributed by atoms with Crippen LogP contribution in [0.2, 0.25) is 0 Å². The van der Waals surface area contributed by atoms with E-state index in [1.54, 1.807) is 0 Å². The highest BCUT2D eigenvalue weighted by molar-refractivity contribution is 5.87. The van der Waals surface area contributed by atoms with Crippen LogP contribution in [-0.4, -0.2) is 17.7 Å². The SMILES string of the molecule is CC1(COc2ccc(C(=O)O)cc2F)CC1. The Labute approximate surface area is 92.9 Å². The molecule has 0 saturated heterocycles. The van der Waals surface area contributed by atoms with Gasteiger partial charge in [-0.2, -0.15) is 0 Å². The van der Waals surface area contributed by atoms with Gasteiger partial charge in [-0.25, -0.2) is 9.18 Å². The first-order chi connectivity index (χ1) is 7.50. The van der Waals surface area contributed by atoms with Crippen LogP contribution in [-0.2, 0) is 0 Å². The van der Waals surface area contributed by atoms with Crippen molar-refractivity contribution >= 4 is 5.97 Å². The van der Waals surface area contributed by atoms with E-state index in [0.29, 0.717) is 6.61 Å². The van der Waals surface area contributed by atoms with Gasteiger partial charge in [0.2, 0.25) is 0 Å². The summed E-state index contributed by atoms with van der Waals surface area (Å²) in [4.78, 5) is 10.6. The number of rotatable bonds is 4. The van der Waals surface area contributed by atoms with E-state index < -0.39 is 11.8 Å². The molecule has 1 fully saturated rings. The molecule has 1 aliphatic rings. The second-order valence-corrected chi connectivity index (χ2v) is 4.55. The van der Waals surface area contributed by atoms with E-state index >= 15 is 0 Å². The van der Waals surface area contributed by atoms with E-state index in [4.69, 9.17) is 9.84 Å². The van der Waals surface area contributed by atoms with Crippen LogP contribution in [0.1, 0.15) is 30.1 Å². The minimum atomic E-state index is -1.14. The third kappa shape index (κ3) is 2.32. The predicted molar refractivity (Wildman–Crippen MR) is 56.2 cm³/mol. The van der Waals surface area contributed by atoms with Gasteiger partial charge in [0.25, 0.3) is 0 Å². The topological polar surface area (TPSA) is 46.5 Å². The molecule has 0 aromatic heterocycles. The molecule has 1 saturated carbocycles. The van der Waals surface area contributed by atoms with E-state index in [2.05, 4.69) is 6.92 Å². The molecule has 16 heavy (non-hydrogen) atoms. The second-order valence-electron chi connectivity index (χ2n) is 4.55. The van der Waals surface area contributed by atoms with Crippen molar-refractivity contribution in [3.05, 3.63) is 29.6 Å². The first-order valence-corrected chi connectivity index (χ1v) is 5.16. The maximum absolute atomic E-state index is 13.4. The standard InChI is InChI=1S/C12H13FO3/c1-12(4-5-12)7-16-10-3-2-8(11(14)15)6-9(10)13/h2-3,6H,4-5,7H2,1H3,(H,14,15). The number of hydrogen-bond acceptors (Lipinski definition) is 2. The van der Waals surface area contributed by atoms with Crippen molar-refractivity contribution in [2.24, 2.45) is 5.41 Å². The smallest absolute Gasteiger partial charge is 0.335 e. The Balaban J connectivity index is 2.07. The average molecular weight is 224 g/mol. The summed E-state index contributed by atoms with van der Waals surface area (Å²) in [5.41, 5.74) is 0.111. The van der Waals surface area contributed by atoms with Crippen molar-refractivity contribution in [1.29, 1.82) is 0 Å². The lowest BCUT2D eigenvalue weighted by Gasteiger charge is -2.11. The monoisotopic (exact) mass is 224 g/mol. The fraction of sp³-hybridized carbons (Fsp3) is 0.417. The molecule has 0 atom stereocenters. The molecule has 0 heterocycles. The maximum Gasteiger partial charge on any atom is 0.335 e. The van der Waals surface area contributed by atoms with Crippen LogP contribution in [0.3, 0.4) is 0 Å². The number of carbonyl (C=O) groups is 1. The normalized spacial score (nSPS) is 16.9. The molecular formula is C12H13FO3. The number of hydrogen-bond donors (Lipinski definition) is 1. The zero-order chi connectivity index (χ0) is 11.8. The van der Waals surface area contributed by atoms with Gasteiger partial charge in [0, 0.05) is 5.41 Å². The minimum Gasteiger partial charge on any atom is -0.490 e. The lowest BCUT2D eigenvalue weighted by Crippen LogP contribution is -2.10. The van der Waals surface area contributed by atoms with Gasteiger partial charge in [0.05, 0.1) is 12.2 Å². The highest BCUT2D eigenvalue weighted by Crippen LogP contribution is 2.45. The summed E-state index contributed by atoms with van der Waals surface area (Å²) in [5.74, 6) is -1.64. The van der Waals surface area contributed by atoms with Gasteiger partial charge in [-0.05, 0) is 31.0 Å². The van der Waals surface area contributed by atoms with E-state index in [1.807, 2.05) is 0 Å². The molecule has 4 heteroatoms. The molecule has 2 rings (SSSR count). The number of carboxylic acids is 1. The zero-order valence-corrected chi connectivity index (χ0v) is 9.00. The molecule has 86 valence electrons. The van der Waals surface area contributed by atoms with E-state index in [0.717, 1.165) is 18.9 Å². The van der Waals surface area contributed by atoms with Crippen LogP contribution >= 0.6 is 0 Å². The minimum absolute atomic E-state index is 0.0671. The van der Waals surface area contributed by atoms with Crippen molar-refractivity contribution in [1.82, 2.24) is 0 Å². The number of aromatic carboxylic acids is 1. The second kappa shape index (κ2) is 3.77. The molecule has 0 unspecified atom stereocenters. The molecule has 1 aromatic carbocycles. The summed E-state index contributed by atoms with van der Waals surface area (Å²) in [6, 6.07) is 3.69. The largest absolute Gasteiger partial charge is 0.490 e. The zero-order valence-electron chi connectivity index (χ0n) is 9.00. The Morgan fingerprint density at radius 3 is 2.75 bits per heavy atom. The van der Waals surface area contributed by atoms with Gasteiger partial charge >= 0.3 is 5.97 Å². The number of benzene rings is 1.